The average molecular weight is 1080 g/mol. The Morgan fingerprint density at radius 3 is 1.71 bits per heavy atom. The molecule has 0 aliphatic carbocycles. The first-order valence-electron chi connectivity index (χ1n) is 24.6. The zero-order chi connectivity index (χ0) is 55.6. The number of hydrogen-bond acceptors (Lipinski definition) is 13. The third-order valence-corrected chi connectivity index (χ3v) is 13.1. The summed E-state index contributed by atoms with van der Waals surface area (Å²) in [4.78, 5) is 129. The molecule has 8 atom stereocenters. The molecule has 3 rings (SSSR count). The highest BCUT2D eigenvalue weighted by molar-refractivity contribution is 7.98. The quantitative estimate of drug-likeness (QED) is 0.0207. The summed E-state index contributed by atoms with van der Waals surface area (Å²) in [6.07, 6.45) is 5.08. The van der Waals surface area contributed by atoms with Crippen LogP contribution in [-0.4, -0.2) is 148 Å². The van der Waals surface area contributed by atoms with Gasteiger partial charge in [0.2, 0.25) is 47.3 Å². The van der Waals surface area contributed by atoms with E-state index in [4.69, 9.17) is 22.9 Å². The standard InChI is InChI=1S/C50H75N13O10S2/c1-28(2)24-38(61-42(65)29(3)57-43(66)33(51)19-22-74-4)46(69)63-40(26-31-27-56-34-15-10-9-14-32(31)34)48(71)59-36(17-18-41(52)64)45(68)62-39(25-30-12-7-6-8-13-30)47(70)58-35(16-11-21-55-50(53)54)44(67)60-37(49(72)73)20-23-75-5/h6-10,12-15,27-29,33,35-40,56H,11,16-26,51H2,1-5H3,(H2,52,64)(H,57,66)(H,58,70)(H,59,71)(H,60,67)(H,61,65)(H,62,68)(H,63,69)(H,72,73)(H4,53,54,55). The zero-order valence-electron chi connectivity index (χ0n) is 43.1. The minimum absolute atomic E-state index is 0.0411. The number of aromatic nitrogens is 1. The van der Waals surface area contributed by atoms with Crippen molar-refractivity contribution >= 4 is 93.6 Å². The van der Waals surface area contributed by atoms with E-state index in [1.54, 1.807) is 48.9 Å². The van der Waals surface area contributed by atoms with Crippen LogP contribution in [0.15, 0.2) is 65.8 Å². The largest absolute Gasteiger partial charge is 0.480 e. The maximum Gasteiger partial charge on any atom is 0.326 e. The van der Waals surface area contributed by atoms with Crippen LogP contribution in [0.3, 0.4) is 0 Å². The maximum absolute atomic E-state index is 14.7. The lowest BCUT2D eigenvalue weighted by Gasteiger charge is -2.28. The number of carboxylic acids is 1. The van der Waals surface area contributed by atoms with Crippen molar-refractivity contribution in [3.05, 3.63) is 71.9 Å². The molecule has 17 N–H and O–H groups in total. The van der Waals surface area contributed by atoms with E-state index in [1.165, 1.54) is 30.4 Å². The number of nitrogens with one attached hydrogen (secondary N) is 8. The number of guanidine groups is 1. The molecule has 1 aromatic heterocycles. The molecule has 8 unspecified atom stereocenters. The van der Waals surface area contributed by atoms with Crippen molar-refractivity contribution in [3.8, 4) is 0 Å². The van der Waals surface area contributed by atoms with Gasteiger partial charge in [-0.1, -0.05) is 62.4 Å². The van der Waals surface area contributed by atoms with Crippen molar-refractivity contribution in [1.82, 2.24) is 42.2 Å². The molecule has 8 amide bonds. The highest BCUT2D eigenvalue weighted by Gasteiger charge is 2.35. The van der Waals surface area contributed by atoms with Gasteiger partial charge in [0.15, 0.2) is 5.96 Å². The Morgan fingerprint density at radius 2 is 1.12 bits per heavy atom. The lowest BCUT2D eigenvalue weighted by atomic mass is 10.00. The van der Waals surface area contributed by atoms with Gasteiger partial charge >= 0.3 is 5.97 Å². The van der Waals surface area contributed by atoms with Gasteiger partial charge in [-0.3, -0.25) is 43.3 Å². The molecule has 0 radical (unpaired) electrons. The van der Waals surface area contributed by atoms with E-state index in [0.717, 1.165) is 10.9 Å². The number of carboxylic acid groups (broad SMARTS) is 1. The van der Waals surface area contributed by atoms with Crippen LogP contribution in [0.2, 0.25) is 0 Å². The summed E-state index contributed by atoms with van der Waals surface area (Å²) >= 11 is 2.90. The first kappa shape index (κ1) is 62.4. The summed E-state index contributed by atoms with van der Waals surface area (Å²) in [5.74, 6) is -6.79. The summed E-state index contributed by atoms with van der Waals surface area (Å²) in [5, 5.41) is 29.2. The van der Waals surface area contributed by atoms with Crippen LogP contribution in [-0.2, 0) is 56.0 Å². The SMILES string of the molecule is CSCCC(N)C(=O)NC(C)C(=O)NC(CC(C)C)C(=O)NC(Cc1c[nH]c2ccccc12)C(=O)NC(CCC(N)=O)C(=O)NC(Cc1ccccc1)C(=O)NC(CCCN=C(N)N)C(=O)NC(CCSC)C(=O)O. The van der Waals surface area contributed by atoms with E-state index in [-0.39, 0.29) is 63.4 Å². The molecule has 0 aliphatic heterocycles. The summed E-state index contributed by atoms with van der Waals surface area (Å²) in [5.41, 5.74) is 24.5. The lowest BCUT2D eigenvalue weighted by molar-refractivity contribution is -0.142. The number of thioether (sulfide) groups is 2. The van der Waals surface area contributed by atoms with Crippen LogP contribution in [0.1, 0.15) is 76.8 Å². The number of rotatable bonds is 34. The lowest BCUT2D eigenvalue weighted by Crippen LogP contribution is -2.60. The Morgan fingerprint density at radius 1 is 0.600 bits per heavy atom. The van der Waals surface area contributed by atoms with Gasteiger partial charge in [-0.15, -0.1) is 0 Å². The van der Waals surface area contributed by atoms with Crippen LogP contribution in [0.5, 0.6) is 0 Å². The molecule has 2 aromatic carbocycles. The van der Waals surface area contributed by atoms with Gasteiger partial charge < -0.3 is 70.2 Å². The van der Waals surface area contributed by atoms with Gasteiger partial charge in [-0.25, -0.2) is 4.79 Å². The minimum atomic E-state index is -1.54. The highest BCUT2D eigenvalue weighted by atomic mass is 32.2. The predicted molar refractivity (Wildman–Crippen MR) is 291 cm³/mol. The number of para-hydroxylation sites is 1. The fraction of sp³-hybridized carbons (Fsp3) is 0.520. The molecule has 0 aliphatic rings. The van der Waals surface area contributed by atoms with E-state index in [0.29, 0.717) is 29.1 Å². The van der Waals surface area contributed by atoms with E-state index in [1.807, 2.05) is 38.3 Å². The van der Waals surface area contributed by atoms with Crippen LogP contribution in [0.25, 0.3) is 10.9 Å². The van der Waals surface area contributed by atoms with E-state index in [2.05, 4.69) is 47.2 Å². The number of fused-ring (bicyclic) bond motifs is 1. The highest BCUT2D eigenvalue weighted by Crippen LogP contribution is 2.20. The molecule has 25 heteroatoms. The number of H-pyrrole nitrogens is 1. The number of nitrogens with zero attached hydrogens (tertiary/aromatic N) is 1. The fourth-order valence-electron chi connectivity index (χ4n) is 7.73. The Balaban J connectivity index is 2.00. The predicted octanol–water partition coefficient (Wildman–Crippen LogP) is -0.350. The number of aliphatic carboxylic acids is 1. The molecule has 3 aromatic rings. The molecule has 0 saturated heterocycles. The van der Waals surface area contributed by atoms with E-state index >= 15 is 0 Å². The summed E-state index contributed by atoms with van der Waals surface area (Å²) in [6, 6.07) is 5.72. The first-order valence-corrected chi connectivity index (χ1v) is 27.4. The van der Waals surface area contributed by atoms with E-state index < -0.39 is 108 Å². The second kappa shape index (κ2) is 32.4. The topological polar surface area (TPSA) is 390 Å². The van der Waals surface area contributed by atoms with Crippen LogP contribution < -0.4 is 60.2 Å². The van der Waals surface area contributed by atoms with Crippen molar-refractivity contribution in [2.24, 2.45) is 33.8 Å². The van der Waals surface area contributed by atoms with Gasteiger partial charge in [0.1, 0.15) is 42.3 Å². The normalized spacial score (nSPS) is 14.3. The minimum Gasteiger partial charge on any atom is -0.480 e. The molecular weight excluding hydrogens is 1010 g/mol. The molecule has 0 spiro atoms. The first-order chi connectivity index (χ1) is 35.6. The molecule has 23 nitrogen and oxygen atoms in total. The van der Waals surface area contributed by atoms with Crippen LogP contribution in [0, 0.1) is 5.92 Å². The third kappa shape index (κ3) is 22.3. The Bertz CT molecular complexity index is 2420. The van der Waals surface area contributed by atoms with Crippen LogP contribution in [0.4, 0.5) is 0 Å². The molecule has 0 bridgehead atoms. The molecular formula is C50H75N13O10S2. The molecule has 0 fully saturated rings. The van der Waals surface area contributed by atoms with Gasteiger partial charge in [-0.05, 0) is 92.6 Å². The molecule has 75 heavy (non-hydrogen) atoms. The number of aliphatic imine (C=N–C) groups is 1. The van der Waals surface area contributed by atoms with Crippen molar-refractivity contribution in [1.29, 1.82) is 0 Å². The number of nitrogens with two attached hydrogens (primary N) is 4. The van der Waals surface area contributed by atoms with E-state index in [9.17, 15) is 48.3 Å². The van der Waals surface area contributed by atoms with Crippen molar-refractivity contribution in [3.63, 3.8) is 0 Å². The smallest absolute Gasteiger partial charge is 0.326 e. The Kier molecular flexibility index (Phi) is 27.0. The van der Waals surface area contributed by atoms with Gasteiger partial charge in [-0.2, -0.15) is 23.5 Å². The number of carbonyl (C=O) groups is 9. The number of hydrogen-bond donors (Lipinski definition) is 13. The zero-order valence-corrected chi connectivity index (χ0v) is 44.8. The van der Waals surface area contributed by atoms with Crippen LogP contribution >= 0.6 is 23.5 Å². The van der Waals surface area contributed by atoms with Gasteiger partial charge in [0.25, 0.3) is 0 Å². The average Bonchev–Trinajstić information content (AvgIpc) is 3.77. The Labute approximate surface area is 445 Å². The fourth-order valence-corrected chi connectivity index (χ4v) is 8.69. The molecule has 1 heterocycles. The second-order valence-corrected chi connectivity index (χ2v) is 20.4. The van der Waals surface area contributed by atoms with Crippen molar-refractivity contribution in [2.45, 2.75) is 127 Å². The second-order valence-electron chi connectivity index (χ2n) is 18.4. The number of amides is 8. The van der Waals surface area contributed by atoms with Crippen molar-refractivity contribution < 1.29 is 48.3 Å². The summed E-state index contributed by atoms with van der Waals surface area (Å²) < 4.78 is 0. The summed E-state index contributed by atoms with van der Waals surface area (Å²) in [7, 11) is 0. The van der Waals surface area contributed by atoms with Crippen molar-refractivity contribution in [2.75, 3.05) is 30.6 Å². The number of carbonyl (C=O) groups excluding carboxylic acids is 8. The maximum atomic E-state index is 14.7. The molecule has 0 saturated carbocycles. The third-order valence-electron chi connectivity index (χ3n) is 11.8. The number of aromatic amines is 1. The van der Waals surface area contributed by atoms with Gasteiger partial charge in [0, 0.05) is 42.9 Å². The number of primary amides is 1. The Hall–Kier alpha value is -6.86. The molecule has 412 valence electrons. The summed E-state index contributed by atoms with van der Waals surface area (Å²) in [6.45, 7) is 5.19. The monoisotopic (exact) mass is 1080 g/mol. The van der Waals surface area contributed by atoms with Gasteiger partial charge in [0.05, 0.1) is 6.04 Å². The number of benzene rings is 2.